The molecule has 3 aliphatic rings. The van der Waals surface area contributed by atoms with Crippen LogP contribution in [0.3, 0.4) is 0 Å². The summed E-state index contributed by atoms with van der Waals surface area (Å²) in [4.78, 5) is 11.6. The summed E-state index contributed by atoms with van der Waals surface area (Å²) >= 11 is 0. The second-order valence-corrected chi connectivity index (χ2v) is 6.29. The topological polar surface area (TPSA) is 63.2 Å². The molecule has 124 valence electrons. The van der Waals surface area contributed by atoms with Gasteiger partial charge in [-0.1, -0.05) is 13.0 Å². The predicted octanol–water partition coefficient (Wildman–Crippen LogP) is 1.92. The van der Waals surface area contributed by atoms with E-state index in [0.29, 0.717) is 5.57 Å². The van der Waals surface area contributed by atoms with E-state index in [1.807, 2.05) is 0 Å². The van der Waals surface area contributed by atoms with Crippen LogP contribution in [0.2, 0.25) is 0 Å². The fourth-order valence-corrected chi connectivity index (χ4v) is 3.41. The third-order valence-corrected chi connectivity index (χ3v) is 4.54. The maximum absolute atomic E-state index is 11.6. The van der Waals surface area contributed by atoms with Crippen molar-refractivity contribution in [3.8, 4) is 0 Å². The summed E-state index contributed by atoms with van der Waals surface area (Å²) in [6.07, 6.45) is 3.83. The normalized spacial score (nSPS) is 36.3. The molecule has 0 aromatic carbocycles. The Kier molecular flexibility index (Phi) is 4.54. The highest BCUT2D eigenvalue weighted by Crippen LogP contribution is 2.45. The summed E-state index contributed by atoms with van der Waals surface area (Å²) in [6, 6.07) is 0. The van der Waals surface area contributed by atoms with Gasteiger partial charge in [0.1, 0.15) is 24.9 Å². The van der Waals surface area contributed by atoms with E-state index in [9.17, 15) is 4.79 Å². The smallest absolute Gasteiger partial charge is 0.333 e. The highest BCUT2D eigenvalue weighted by Gasteiger charge is 2.58. The number of esters is 1. The van der Waals surface area contributed by atoms with E-state index in [1.54, 1.807) is 14.0 Å². The third-order valence-electron chi connectivity index (χ3n) is 4.54. The molecule has 4 atom stereocenters. The van der Waals surface area contributed by atoms with Crippen molar-refractivity contribution >= 4 is 5.97 Å². The Hall–Kier alpha value is -0.950. The van der Waals surface area contributed by atoms with Crippen molar-refractivity contribution < 1.29 is 28.5 Å². The van der Waals surface area contributed by atoms with Crippen LogP contribution in [0.5, 0.6) is 0 Å². The Morgan fingerprint density at radius 2 is 1.91 bits per heavy atom. The number of carbonyl (C=O) groups excluding carboxylic acids is 1. The molecule has 3 rings (SSSR count). The first kappa shape index (κ1) is 15.9. The molecule has 0 amide bonds. The number of methoxy groups -OCH3 is 1. The van der Waals surface area contributed by atoms with Crippen LogP contribution < -0.4 is 0 Å². The first-order valence-corrected chi connectivity index (χ1v) is 7.91. The van der Waals surface area contributed by atoms with Crippen molar-refractivity contribution in [2.75, 3.05) is 13.7 Å². The van der Waals surface area contributed by atoms with E-state index in [-0.39, 0.29) is 24.9 Å². The van der Waals surface area contributed by atoms with E-state index < -0.39 is 18.0 Å². The van der Waals surface area contributed by atoms with Gasteiger partial charge in [-0.2, -0.15) is 0 Å². The molecule has 3 fully saturated rings. The van der Waals surface area contributed by atoms with Gasteiger partial charge in [0.2, 0.25) is 0 Å². The molecule has 0 N–H and O–H groups in total. The summed E-state index contributed by atoms with van der Waals surface area (Å²) < 4.78 is 28.7. The molecule has 1 aliphatic carbocycles. The lowest BCUT2D eigenvalue weighted by atomic mass is 9.94. The van der Waals surface area contributed by atoms with Crippen molar-refractivity contribution in [1.82, 2.24) is 0 Å². The first-order valence-electron chi connectivity index (χ1n) is 7.91. The highest BCUT2D eigenvalue weighted by atomic mass is 16.8. The number of rotatable bonds is 4. The molecule has 4 unspecified atom stereocenters. The third kappa shape index (κ3) is 2.93. The van der Waals surface area contributed by atoms with Crippen LogP contribution in [-0.4, -0.2) is 50.1 Å². The first-order chi connectivity index (χ1) is 10.5. The van der Waals surface area contributed by atoms with E-state index >= 15 is 0 Å². The van der Waals surface area contributed by atoms with Crippen LogP contribution in [-0.2, 0) is 28.5 Å². The summed E-state index contributed by atoms with van der Waals surface area (Å²) in [5.41, 5.74) is 0.366. The summed E-state index contributed by atoms with van der Waals surface area (Å²) in [5, 5.41) is 0. The Labute approximate surface area is 130 Å². The number of ether oxygens (including phenoxy) is 5. The molecule has 0 aromatic rings. The van der Waals surface area contributed by atoms with Crippen LogP contribution in [0, 0.1) is 0 Å². The minimum absolute atomic E-state index is 0.117. The monoisotopic (exact) mass is 312 g/mol. The molecule has 6 nitrogen and oxygen atoms in total. The quantitative estimate of drug-likeness (QED) is 0.584. The van der Waals surface area contributed by atoms with E-state index in [4.69, 9.17) is 23.7 Å². The van der Waals surface area contributed by atoms with E-state index in [0.717, 1.165) is 25.7 Å². The van der Waals surface area contributed by atoms with Crippen LogP contribution in [0.15, 0.2) is 12.2 Å². The average Bonchev–Trinajstić information content (AvgIpc) is 3.01. The lowest BCUT2D eigenvalue weighted by Crippen LogP contribution is -2.38. The van der Waals surface area contributed by atoms with Gasteiger partial charge in [-0.3, -0.25) is 0 Å². The van der Waals surface area contributed by atoms with Crippen molar-refractivity contribution in [1.29, 1.82) is 0 Å². The molecular weight excluding hydrogens is 288 g/mol. The zero-order valence-electron chi connectivity index (χ0n) is 13.2. The van der Waals surface area contributed by atoms with Crippen molar-refractivity contribution in [3.05, 3.63) is 12.2 Å². The van der Waals surface area contributed by atoms with Gasteiger partial charge in [-0.15, -0.1) is 0 Å². The molecule has 2 heterocycles. The van der Waals surface area contributed by atoms with Crippen LogP contribution in [0.25, 0.3) is 0 Å². The zero-order chi connectivity index (χ0) is 15.7. The number of hydrogen-bond acceptors (Lipinski definition) is 6. The fraction of sp³-hybridized carbons (Fsp3) is 0.812. The average molecular weight is 312 g/mol. The Morgan fingerprint density at radius 1 is 1.23 bits per heavy atom. The molecule has 6 heteroatoms. The lowest BCUT2D eigenvalue weighted by molar-refractivity contribution is -0.254. The van der Waals surface area contributed by atoms with Gasteiger partial charge in [-0.25, -0.2) is 4.79 Å². The maximum Gasteiger partial charge on any atom is 0.333 e. The maximum atomic E-state index is 11.6. The Morgan fingerprint density at radius 3 is 2.55 bits per heavy atom. The molecule has 0 bridgehead atoms. The molecule has 2 saturated heterocycles. The van der Waals surface area contributed by atoms with E-state index in [2.05, 4.69) is 6.58 Å². The highest BCUT2D eigenvalue weighted by molar-refractivity contribution is 5.86. The minimum atomic E-state index is -0.509. The second-order valence-electron chi connectivity index (χ2n) is 6.29. The fourth-order valence-electron chi connectivity index (χ4n) is 3.41. The molecule has 2 aliphatic heterocycles. The molecule has 1 saturated carbocycles. The Balaban J connectivity index is 1.66. The van der Waals surface area contributed by atoms with Gasteiger partial charge in [0.25, 0.3) is 0 Å². The molecule has 0 aromatic heterocycles. The SMILES string of the molecule is C=C(C)C(=O)OCC1OC(OC)C2OC3(CCCCC3)OC12. The summed E-state index contributed by atoms with van der Waals surface area (Å²) in [5.74, 6) is -0.933. The molecule has 1 spiro atoms. The largest absolute Gasteiger partial charge is 0.459 e. The van der Waals surface area contributed by atoms with Crippen molar-refractivity contribution in [3.63, 3.8) is 0 Å². The number of hydrogen-bond donors (Lipinski definition) is 0. The van der Waals surface area contributed by atoms with Crippen LogP contribution in [0.4, 0.5) is 0 Å². The van der Waals surface area contributed by atoms with Gasteiger partial charge in [0.05, 0.1) is 0 Å². The van der Waals surface area contributed by atoms with Gasteiger partial charge in [0, 0.05) is 25.5 Å². The van der Waals surface area contributed by atoms with Gasteiger partial charge in [0.15, 0.2) is 12.1 Å². The van der Waals surface area contributed by atoms with Crippen molar-refractivity contribution in [2.45, 2.75) is 69.4 Å². The summed E-state index contributed by atoms with van der Waals surface area (Å²) in [6.45, 7) is 5.30. The second kappa shape index (κ2) is 6.28. The zero-order valence-corrected chi connectivity index (χ0v) is 13.2. The standard InChI is InChI=1S/C16H24O6/c1-10(2)14(17)19-9-11-12-13(15(18-3)20-11)22-16(21-12)7-5-4-6-8-16/h11-13,15H,1,4-9H2,2-3H3. The van der Waals surface area contributed by atoms with Gasteiger partial charge >= 0.3 is 5.97 Å². The summed E-state index contributed by atoms with van der Waals surface area (Å²) in [7, 11) is 1.58. The number of carbonyl (C=O) groups is 1. The molecular formula is C16H24O6. The van der Waals surface area contributed by atoms with Crippen molar-refractivity contribution in [2.24, 2.45) is 0 Å². The molecule has 0 radical (unpaired) electrons. The van der Waals surface area contributed by atoms with Crippen LogP contribution in [0.1, 0.15) is 39.0 Å². The van der Waals surface area contributed by atoms with Crippen LogP contribution >= 0.6 is 0 Å². The lowest BCUT2D eigenvalue weighted by Gasteiger charge is -2.33. The van der Waals surface area contributed by atoms with E-state index in [1.165, 1.54) is 6.42 Å². The van der Waals surface area contributed by atoms with Gasteiger partial charge in [-0.05, 0) is 19.8 Å². The predicted molar refractivity (Wildman–Crippen MR) is 77.0 cm³/mol. The number of fused-ring (bicyclic) bond motifs is 1. The minimum Gasteiger partial charge on any atom is -0.459 e. The van der Waals surface area contributed by atoms with Gasteiger partial charge < -0.3 is 23.7 Å². The Bertz CT molecular complexity index is 442. The molecule has 22 heavy (non-hydrogen) atoms.